The largest absolute Gasteiger partial charge is 0.469 e. The molecule has 2 amide bonds. The number of alkyl carbamates (subject to hydrolysis) is 2. The molecular formula is C88H134N2O20. The number of ether oxygens (including phenoxy) is 10. The Bertz CT molecular complexity index is 2870. The number of carbonyl (C=O) groups excluding carboxylic acids is 10. The van der Waals surface area contributed by atoms with Gasteiger partial charge in [-0.1, -0.05) is 74.9 Å². The topological polar surface area (TPSA) is 287 Å². The van der Waals surface area contributed by atoms with Crippen molar-refractivity contribution in [3.05, 3.63) is 98.2 Å². The number of hydrogen-bond donors (Lipinski definition) is 2. The van der Waals surface area contributed by atoms with Crippen molar-refractivity contribution in [2.24, 2.45) is 94.7 Å². The number of unbranched alkanes of at least 4 members (excludes halogenated alkanes) is 8. The van der Waals surface area contributed by atoms with E-state index in [4.69, 9.17) is 18.9 Å². The van der Waals surface area contributed by atoms with Crippen molar-refractivity contribution in [2.75, 3.05) is 81.2 Å². The van der Waals surface area contributed by atoms with Crippen molar-refractivity contribution < 1.29 is 95.3 Å². The summed E-state index contributed by atoms with van der Waals surface area (Å²) in [7, 11) is 5.25. The summed E-state index contributed by atoms with van der Waals surface area (Å²) in [6, 6.07) is 0. The van der Waals surface area contributed by atoms with Crippen LogP contribution in [0.4, 0.5) is 9.59 Å². The van der Waals surface area contributed by atoms with E-state index in [0.29, 0.717) is 76.1 Å². The van der Waals surface area contributed by atoms with Crippen LogP contribution in [0.2, 0.25) is 0 Å². The highest BCUT2D eigenvalue weighted by molar-refractivity contribution is 5.87. The number of hydrogen-bond acceptors (Lipinski definition) is 20. The Hall–Kier alpha value is -7.78. The highest BCUT2D eigenvalue weighted by Gasteiger charge is 2.50. The molecule has 8 bridgehead atoms. The number of methoxy groups -OCH3 is 4. The van der Waals surface area contributed by atoms with E-state index in [1.807, 2.05) is 0 Å². The molecule has 0 aromatic rings. The Morgan fingerprint density at radius 1 is 0.336 bits per heavy atom. The zero-order valence-electron chi connectivity index (χ0n) is 67.3. The molecule has 16 atom stereocenters. The minimum absolute atomic E-state index is 0.111. The average molecular weight is 1540 g/mol. The second-order valence-electron chi connectivity index (χ2n) is 31.2. The zero-order chi connectivity index (χ0) is 80.0. The Kier molecular flexibility index (Phi) is 44.9. The van der Waals surface area contributed by atoms with Crippen molar-refractivity contribution in [3.8, 4) is 0 Å². The van der Waals surface area contributed by atoms with Crippen molar-refractivity contribution in [3.63, 3.8) is 0 Å². The van der Waals surface area contributed by atoms with Gasteiger partial charge in [0.15, 0.2) is 0 Å². The summed E-state index contributed by atoms with van der Waals surface area (Å²) in [6.45, 7) is 18.7. The summed E-state index contributed by atoms with van der Waals surface area (Å²) in [5.41, 5.74) is 0.721. The van der Waals surface area contributed by atoms with Gasteiger partial charge in [0, 0.05) is 49.0 Å². The maximum Gasteiger partial charge on any atom is 0.406 e. The molecule has 110 heavy (non-hydrogen) atoms. The molecule has 0 aromatic heterocycles. The second kappa shape index (κ2) is 53.2. The SMILES string of the molecule is C1=CC2C3CCC(C3)C2C1.C1=CC2C3CCC(C3)C2C1.C1=CC2C3CCC(C3)C2C1.C1=CC2C3CCC(C3)C2C1.C=C(C)C(=O)OCCCCCC(=O)OCCCCCC(=O)OC.C=C(C)C(=O)OCCNC(=O)OC.C=CC(=O)OCCCCCC(=O)OCCCCCC(=O)OC.C=CC(=O)OCCNC(=O)OC. The molecule has 0 aliphatic heterocycles. The Morgan fingerprint density at radius 3 is 0.882 bits per heavy atom. The first-order valence-electron chi connectivity index (χ1n) is 41.1. The molecular weight excluding hydrogens is 1400 g/mol. The van der Waals surface area contributed by atoms with E-state index >= 15 is 0 Å². The first-order valence-corrected chi connectivity index (χ1v) is 41.1. The summed E-state index contributed by atoms with van der Waals surface area (Å²) < 4.78 is 46.8. The minimum Gasteiger partial charge on any atom is -0.469 e. The number of amides is 2. The molecule has 12 rings (SSSR count). The highest BCUT2D eigenvalue weighted by Crippen LogP contribution is 2.59. The number of esters is 8. The fraction of sp³-hybridized carbons (Fsp3) is 0.705. The Morgan fingerprint density at radius 2 is 0.600 bits per heavy atom. The van der Waals surface area contributed by atoms with Crippen LogP contribution in [-0.4, -0.2) is 141 Å². The summed E-state index contributed by atoms with van der Waals surface area (Å²) >= 11 is 0. The number of allylic oxidation sites excluding steroid dienone is 8. The van der Waals surface area contributed by atoms with Crippen LogP contribution in [0, 0.1) is 94.7 Å². The van der Waals surface area contributed by atoms with Gasteiger partial charge in [0.2, 0.25) is 0 Å². The van der Waals surface area contributed by atoms with Gasteiger partial charge in [0.1, 0.15) is 13.2 Å². The monoisotopic (exact) mass is 1540 g/mol. The normalized spacial score (nSPS) is 26.4. The van der Waals surface area contributed by atoms with E-state index in [0.717, 1.165) is 171 Å². The van der Waals surface area contributed by atoms with Gasteiger partial charge in [0.25, 0.3) is 0 Å². The lowest BCUT2D eigenvalue weighted by Gasteiger charge is -2.23. The van der Waals surface area contributed by atoms with E-state index in [9.17, 15) is 47.9 Å². The van der Waals surface area contributed by atoms with Crippen molar-refractivity contribution in [1.82, 2.24) is 10.6 Å². The molecule has 8 saturated carbocycles. The van der Waals surface area contributed by atoms with Gasteiger partial charge < -0.3 is 58.0 Å². The lowest BCUT2D eigenvalue weighted by atomic mass is 9.82. The Labute approximate surface area is 656 Å². The Balaban J connectivity index is 0.000000229. The molecule has 2 N–H and O–H groups in total. The lowest BCUT2D eigenvalue weighted by Crippen LogP contribution is -2.27. The highest BCUT2D eigenvalue weighted by atomic mass is 16.6. The second-order valence-corrected chi connectivity index (χ2v) is 31.2. The van der Waals surface area contributed by atoms with Gasteiger partial charge in [-0.15, -0.1) is 0 Å². The molecule has 0 spiro atoms. The molecule has 0 aromatic carbocycles. The van der Waals surface area contributed by atoms with Crippen molar-refractivity contribution >= 4 is 59.9 Å². The van der Waals surface area contributed by atoms with E-state index < -0.39 is 30.1 Å². The van der Waals surface area contributed by atoms with E-state index in [-0.39, 0.29) is 56.1 Å². The molecule has 12 aliphatic carbocycles. The molecule has 12 aliphatic rings. The zero-order valence-corrected chi connectivity index (χ0v) is 67.3. The van der Waals surface area contributed by atoms with E-state index in [1.165, 1.54) is 79.8 Å². The predicted molar refractivity (Wildman–Crippen MR) is 421 cm³/mol. The summed E-state index contributed by atoms with van der Waals surface area (Å²) in [6.07, 6.45) is 55.7. The maximum atomic E-state index is 11.5. The third kappa shape index (κ3) is 34.1. The third-order valence-corrected chi connectivity index (χ3v) is 23.9. The summed E-state index contributed by atoms with van der Waals surface area (Å²) in [4.78, 5) is 109. The quantitative estimate of drug-likeness (QED) is 0.0199. The molecule has 8 fully saturated rings. The molecule has 0 radical (unpaired) electrons. The summed E-state index contributed by atoms with van der Waals surface area (Å²) in [5, 5.41) is 4.70. The van der Waals surface area contributed by atoms with Crippen LogP contribution in [0.3, 0.4) is 0 Å². The first kappa shape index (κ1) is 92.8. The molecule has 16 unspecified atom stereocenters. The van der Waals surface area contributed by atoms with Crippen LogP contribution in [0.25, 0.3) is 0 Å². The van der Waals surface area contributed by atoms with Gasteiger partial charge in [-0.2, -0.15) is 0 Å². The molecule has 0 heterocycles. The molecule has 0 saturated heterocycles. The van der Waals surface area contributed by atoms with Crippen LogP contribution < -0.4 is 10.6 Å². The van der Waals surface area contributed by atoms with Crippen LogP contribution in [0.1, 0.15) is 219 Å². The van der Waals surface area contributed by atoms with Gasteiger partial charge >= 0.3 is 59.9 Å². The fourth-order valence-corrected chi connectivity index (χ4v) is 18.4. The number of carbonyl (C=O) groups is 10. The van der Waals surface area contributed by atoms with Gasteiger partial charge in [-0.3, -0.25) is 19.2 Å². The van der Waals surface area contributed by atoms with Crippen LogP contribution in [0.5, 0.6) is 0 Å². The first-order chi connectivity index (χ1) is 53.1. The van der Waals surface area contributed by atoms with E-state index in [1.54, 1.807) is 65.2 Å². The molecule has 22 nitrogen and oxygen atoms in total. The fourth-order valence-electron chi connectivity index (χ4n) is 18.4. The van der Waals surface area contributed by atoms with E-state index in [2.05, 4.69) is 114 Å². The minimum atomic E-state index is -0.551. The van der Waals surface area contributed by atoms with Crippen LogP contribution in [-0.2, 0) is 85.7 Å². The molecule has 616 valence electrons. The van der Waals surface area contributed by atoms with Crippen molar-refractivity contribution in [2.45, 2.75) is 219 Å². The third-order valence-electron chi connectivity index (χ3n) is 23.9. The van der Waals surface area contributed by atoms with Crippen LogP contribution in [0.15, 0.2) is 98.2 Å². The molecule has 22 heteroatoms. The van der Waals surface area contributed by atoms with Crippen molar-refractivity contribution in [1.29, 1.82) is 0 Å². The average Bonchev–Trinajstić information content (AvgIpc) is 1.65. The summed E-state index contributed by atoms with van der Waals surface area (Å²) in [5.74, 6) is 14.8. The van der Waals surface area contributed by atoms with Gasteiger partial charge in [0.05, 0.1) is 68.0 Å². The smallest absolute Gasteiger partial charge is 0.406 e. The predicted octanol–water partition coefficient (Wildman–Crippen LogP) is 16.5. The number of rotatable bonds is 34. The standard InChI is InChI=1S/C17H28O6.C16H26O6.4C10H14.C8H13NO4.C7H11NO4/c1-14(2)17(20)23-13-9-5-7-11-16(19)22-12-8-4-6-10-15(18)21-3;1-3-14(17)21-12-8-5-7-11-16(19)22-13-9-4-6-10-15(18)20-2;4*1-2-9-7-4-5-8(6-7)10(9)3-1;1-6(2)7(10)13-5-4-9-8(11)12-3;1-3-6(9)12-5-4-8-7(10)11-2/h1,4-13H2,2-3H3;3H,1,4-13H2,2H3;4*1-2,7-10H,3-6H2;1,4-5H2,2-3H3,(H,9,11);3H,1,4-5H2,2H3,(H,8,10). The van der Waals surface area contributed by atoms with Gasteiger partial charge in [-0.25, -0.2) is 28.8 Å². The maximum absolute atomic E-state index is 11.5. The van der Waals surface area contributed by atoms with Crippen LogP contribution >= 0.6 is 0 Å². The number of nitrogens with one attached hydrogen (secondary N) is 2. The van der Waals surface area contributed by atoms with Gasteiger partial charge in [-0.05, 0) is 288 Å². The lowest BCUT2D eigenvalue weighted by molar-refractivity contribution is -0.145. The number of fused-ring (bicyclic) bond motifs is 20.